The van der Waals surface area contributed by atoms with Gasteiger partial charge < -0.3 is 13.9 Å². The maximum atomic E-state index is 12.0. The molecule has 1 radical (unpaired) electrons. The van der Waals surface area contributed by atoms with Crippen molar-refractivity contribution in [3.63, 3.8) is 0 Å². The highest BCUT2D eigenvalue weighted by Crippen LogP contribution is 2.33. The van der Waals surface area contributed by atoms with Crippen LogP contribution in [0.3, 0.4) is 0 Å². The zero-order valence-corrected chi connectivity index (χ0v) is 16.3. The normalized spacial score (nSPS) is 11.0. The van der Waals surface area contributed by atoms with Crippen LogP contribution in [0.2, 0.25) is 0 Å². The van der Waals surface area contributed by atoms with Gasteiger partial charge in [-0.1, -0.05) is 6.92 Å². The minimum absolute atomic E-state index is 0.00350. The van der Waals surface area contributed by atoms with E-state index in [2.05, 4.69) is 19.9 Å². The fourth-order valence-electron chi connectivity index (χ4n) is 2.83. The van der Waals surface area contributed by atoms with Gasteiger partial charge in [-0.3, -0.25) is 10.1 Å². The summed E-state index contributed by atoms with van der Waals surface area (Å²) in [5.41, 5.74) is 2.57. The molecular weight excluding hydrogens is 372 g/mol. The number of nitrogens with zero attached hydrogens (tertiary/aromatic N) is 4. The summed E-state index contributed by atoms with van der Waals surface area (Å²) in [6, 6.07) is 7.05. The molecule has 147 valence electrons. The molecule has 0 atom stereocenters. The largest absolute Gasteiger partial charge is 0.476 e. The second kappa shape index (κ2) is 7.75. The Morgan fingerprint density at radius 1 is 1.10 bits per heavy atom. The zero-order chi connectivity index (χ0) is 20.4. The first-order chi connectivity index (χ1) is 14.0. The van der Waals surface area contributed by atoms with E-state index in [1.807, 2.05) is 6.92 Å². The lowest BCUT2D eigenvalue weighted by molar-refractivity contribution is 0.302. The second-order valence-corrected chi connectivity index (χ2v) is 6.56. The second-order valence-electron chi connectivity index (χ2n) is 6.56. The summed E-state index contributed by atoms with van der Waals surface area (Å²) >= 11 is 0. The van der Waals surface area contributed by atoms with Gasteiger partial charge >= 0.3 is 6.01 Å². The highest BCUT2D eigenvalue weighted by molar-refractivity contribution is 5.78. The summed E-state index contributed by atoms with van der Waals surface area (Å²) in [5, 5.41) is 12.0. The number of aryl methyl sites for hydroxylation is 2. The van der Waals surface area contributed by atoms with Crippen LogP contribution in [-0.2, 0) is 5.11 Å². The number of fused-ring (bicyclic) bond motifs is 1. The van der Waals surface area contributed by atoms with E-state index in [1.165, 1.54) is 0 Å². The maximum absolute atomic E-state index is 12.0. The van der Waals surface area contributed by atoms with E-state index < -0.39 is 0 Å². The van der Waals surface area contributed by atoms with Crippen molar-refractivity contribution in [1.82, 2.24) is 19.9 Å². The van der Waals surface area contributed by atoms with Crippen LogP contribution in [0.15, 0.2) is 41.1 Å². The lowest BCUT2D eigenvalue weighted by Gasteiger charge is -2.06. The van der Waals surface area contributed by atoms with Crippen molar-refractivity contribution in [2.24, 2.45) is 0 Å². The summed E-state index contributed by atoms with van der Waals surface area (Å²) in [7, 11) is 0. The number of oxazole rings is 1. The van der Waals surface area contributed by atoms with Gasteiger partial charge in [-0.15, -0.1) is 0 Å². The SMILES string of the molecule is CCCOc1nc(Oc2cccnc2)nc2oc(-c3cc(C)c([O])c(C)c3)nc12. The van der Waals surface area contributed by atoms with E-state index in [9.17, 15) is 5.11 Å². The minimum Gasteiger partial charge on any atom is -0.476 e. The average molecular weight is 391 g/mol. The molecule has 0 spiro atoms. The Kier molecular flexibility index (Phi) is 4.99. The Labute approximate surface area is 167 Å². The van der Waals surface area contributed by atoms with Gasteiger partial charge in [0.2, 0.25) is 5.89 Å². The van der Waals surface area contributed by atoms with Crippen molar-refractivity contribution < 1.29 is 19.0 Å². The molecule has 0 saturated heterocycles. The van der Waals surface area contributed by atoms with Crippen LogP contribution < -0.4 is 9.47 Å². The lowest BCUT2D eigenvalue weighted by Crippen LogP contribution is -2.01. The topological polar surface area (TPSA) is 103 Å². The van der Waals surface area contributed by atoms with Crippen molar-refractivity contribution in [2.45, 2.75) is 27.2 Å². The lowest BCUT2D eigenvalue weighted by atomic mass is 10.1. The van der Waals surface area contributed by atoms with E-state index in [1.54, 1.807) is 50.5 Å². The highest BCUT2D eigenvalue weighted by Gasteiger charge is 2.19. The molecule has 4 rings (SSSR count). The quantitative estimate of drug-likeness (QED) is 0.454. The molecular formula is C21H19N4O4. The van der Waals surface area contributed by atoms with Crippen LogP contribution in [0.1, 0.15) is 24.5 Å². The Morgan fingerprint density at radius 3 is 2.59 bits per heavy atom. The van der Waals surface area contributed by atoms with Gasteiger partial charge in [-0.2, -0.15) is 9.97 Å². The van der Waals surface area contributed by atoms with Crippen LogP contribution in [0.25, 0.3) is 22.7 Å². The summed E-state index contributed by atoms with van der Waals surface area (Å²) in [6.45, 7) is 5.98. The first-order valence-corrected chi connectivity index (χ1v) is 9.23. The van der Waals surface area contributed by atoms with Crippen molar-refractivity contribution >= 4 is 11.2 Å². The van der Waals surface area contributed by atoms with E-state index in [0.29, 0.717) is 40.5 Å². The van der Waals surface area contributed by atoms with Crippen LogP contribution in [0.5, 0.6) is 23.4 Å². The van der Waals surface area contributed by atoms with Crippen molar-refractivity contribution in [1.29, 1.82) is 0 Å². The molecule has 0 bridgehead atoms. The van der Waals surface area contributed by atoms with E-state index in [4.69, 9.17) is 13.9 Å². The number of hydrogen-bond donors (Lipinski definition) is 0. The average Bonchev–Trinajstić information content (AvgIpc) is 3.15. The number of hydrogen-bond acceptors (Lipinski definition) is 7. The van der Waals surface area contributed by atoms with Gasteiger partial charge in [0.05, 0.1) is 12.8 Å². The van der Waals surface area contributed by atoms with Crippen molar-refractivity contribution in [2.75, 3.05) is 6.61 Å². The number of rotatable bonds is 6. The standard InChI is InChI=1S/C21H19N4O4/c1-4-8-27-19-16-20(25-21(24-19)28-15-6-5-7-22-11-15)29-18(23-16)14-9-12(2)17(26)13(3)10-14/h5-7,9-11H,4,8H2,1-3H3. The maximum Gasteiger partial charge on any atom is 0.328 e. The van der Waals surface area contributed by atoms with Gasteiger partial charge in [-0.25, -0.2) is 4.98 Å². The van der Waals surface area contributed by atoms with Crippen LogP contribution in [-0.4, -0.2) is 26.5 Å². The summed E-state index contributed by atoms with van der Waals surface area (Å²) < 4.78 is 17.3. The van der Waals surface area contributed by atoms with Crippen LogP contribution >= 0.6 is 0 Å². The molecule has 4 aromatic rings. The van der Waals surface area contributed by atoms with E-state index >= 15 is 0 Å². The van der Waals surface area contributed by atoms with Gasteiger partial charge in [0.25, 0.3) is 11.6 Å². The van der Waals surface area contributed by atoms with Crippen LogP contribution in [0.4, 0.5) is 0 Å². The molecule has 0 unspecified atom stereocenters. The third-order valence-electron chi connectivity index (χ3n) is 4.20. The molecule has 8 nitrogen and oxygen atoms in total. The summed E-state index contributed by atoms with van der Waals surface area (Å²) in [5.74, 6) is 1.11. The molecule has 0 fully saturated rings. The summed E-state index contributed by atoms with van der Waals surface area (Å²) in [4.78, 5) is 17.2. The molecule has 8 heteroatoms. The number of pyridine rings is 1. The molecule has 29 heavy (non-hydrogen) atoms. The Balaban J connectivity index is 1.79. The fourth-order valence-corrected chi connectivity index (χ4v) is 2.83. The smallest absolute Gasteiger partial charge is 0.328 e. The first-order valence-electron chi connectivity index (χ1n) is 9.23. The molecule has 0 amide bonds. The Morgan fingerprint density at radius 2 is 1.90 bits per heavy atom. The molecule has 0 aliphatic heterocycles. The monoisotopic (exact) mass is 391 g/mol. The summed E-state index contributed by atoms with van der Waals surface area (Å²) in [6.07, 6.45) is 4.01. The number of aromatic nitrogens is 4. The predicted molar refractivity (Wildman–Crippen MR) is 105 cm³/mol. The molecule has 1 aromatic carbocycles. The van der Waals surface area contributed by atoms with Crippen LogP contribution in [0, 0.1) is 13.8 Å². The van der Waals surface area contributed by atoms with Gasteiger partial charge in [0.15, 0.2) is 11.3 Å². The molecule has 0 aliphatic rings. The van der Waals surface area contributed by atoms with E-state index in [-0.39, 0.29) is 23.4 Å². The van der Waals surface area contributed by atoms with Crippen molar-refractivity contribution in [3.05, 3.63) is 47.8 Å². The van der Waals surface area contributed by atoms with Crippen molar-refractivity contribution in [3.8, 4) is 34.8 Å². The van der Waals surface area contributed by atoms with Gasteiger partial charge in [0, 0.05) is 11.8 Å². The zero-order valence-electron chi connectivity index (χ0n) is 16.3. The Bertz CT molecular complexity index is 1140. The highest BCUT2D eigenvalue weighted by atomic mass is 16.5. The van der Waals surface area contributed by atoms with Gasteiger partial charge in [-0.05, 0) is 55.7 Å². The molecule has 3 aromatic heterocycles. The Hall–Kier alpha value is -3.68. The number of benzene rings is 1. The minimum atomic E-state index is 0.00350. The van der Waals surface area contributed by atoms with Gasteiger partial charge in [0.1, 0.15) is 5.75 Å². The molecule has 3 heterocycles. The third-order valence-corrected chi connectivity index (χ3v) is 4.20. The predicted octanol–water partition coefficient (Wildman–Crippen LogP) is 5.02. The first kappa shape index (κ1) is 18.7. The third kappa shape index (κ3) is 3.82. The molecule has 0 N–H and O–H groups in total. The fraction of sp³-hybridized carbons (Fsp3) is 0.238. The number of ether oxygens (including phenoxy) is 2. The molecule has 0 saturated carbocycles. The molecule has 0 aliphatic carbocycles. The van der Waals surface area contributed by atoms with E-state index in [0.717, 1.165) is 6.42 Å².